The number of nitrogens with zero attached hydrogens (tertiary/aromatic N) is 1. The maximum atomic E-state index is 13.5. The minimum atomic E-state index is 0.133. The van der Waals surface area contributed by atoms with Gasteiger partial charge in [-0.3, -0.25) is 9.69 Å². The predicted octanol–water partition coefficient (Wildman–Crippen LogP) is 6.34. The number of hydrogen-bond acceptors (Lipinski definition) is 1. The largest absolute Gasteiger partial charge is 0.277 e. The maximum Gasteiger partial charge on any atom is 0.259 e. The van der Waals surface area contributed by atoms with Crippen LogP contribution in [-0.4, -0.2) is 5.91 Å². The Bertz CT molecular complexity index is 1080. The average Bonchev–Trinajstić information content (AvgIpc) is 3.06. The van der Waals surface area contributed by atoms with Crippen LogP contribution in [0.4, 0.5) is 5.69 Å². The van der Waals surface area contributed by atoms with Gasteiger partial charge >= 0.3 is 0 Å². The summed E-state index contributed by atoms with van der Waals surface area (Å²) in [5.74, 6) is 0.543. The molecule has 5 rings (SSSR count). The third-order valence-electron chi connectivity index (χ3n) is 5.96. The molecule has 1 atom stereocenters. The highest BCUT2D eigenvalue weighted by Crippen LogP contribution is 2.46. The molecule has 2 nitrogen and oxygen atoms in total. The summed E-state index contributed by atoms with van der Waals surface area (Å²) in [6.07, 6.45) is 4.98. The zero-order chi connectivity index (χ0) is 19.6. The van der Waals surface area contributed by atoms with Crippen molar-refractivity contribution in [3.05, 3.63) is 119 Å². The molecule has 1 amide bonds. The molecule has 3 aromatic rings. The molecule has 29 heavy (non-hydrogen) atoms. The first kappa shape index (κ1) is 17.7. The first-order valence-corrected chi connectivity index (χ1v) is 10.2. The summed E-state index contributed by atoms with van der Waals surface area (Å²) in [7, 11) is 0. The van der Waals surface area contributed by atoms with Crippen molar-refractivity contribution in [1.29, 1.82) is 0 Å². The molecule has 0 N–H and O–H groups in total. The molecule has 1 heterocycles. The molecule has 3 aromatic carbocycles. The number of carbonyl (C=O) groups is 1. The molecule has 2 aliphatic rings. The van der Waals surface area contributed by atoms with E-state index >= 15 is 0 Å². The second kappa shape index (κ2) is 7.56. The van der Waals surface area contributed by atoms with Crippen LogP contribution in [0, 0.1) is 0 Å². The molecular formula is C27H23NO. The summed E-state index contributed by atoms with van der Waals surface area (Å²) in [6.45, 7) is 0. The van der Waals surface area contributed by atoms with Gasteiger partial charge in [0.05, 0.1) is 5.70 Å². The van der Waals surface area contributed by atoms with E-state index in [1.54, 1.807) is 0 Å². The number of allylic oxidation sites excluding steroid dienone is 1. The molecular weight excluding hydrogens is 354 g/mol. The fraction of sp³-hybridized carbons (Fsp3) is 0.148. The van der Waals surface area contributed by atoms with Crippen molar-refractivity contribution in [1.82, 2.24) is 0 Å². The second-order valence-electron chi connectivity index (χ2n) is 7.72. The summed E-state index contributed by atoms with van der Waals surface area (Å²) in [4.78, 5) is 15.5. The van der Waals surface area contributed by atoms with E-state index in [2.05, 4.69) is 48.5 Å². The molecule has 0 fully saturated rings. The quantitative estimate of drug-likeness (QED) is 0.522. The number of rotatable bonds is 3. The Morgan fingerprint density at radius 1 is 0.759 bits per heavy atom. The normalized spacial score (nSPS) is 20.3. The van der Waals surface area contributed by atoms with Crippen molar-refractivity contribution in [3.8, 4) is 0 Å². The van der Waals surface area contributed by atoms with E-state index in [1.165, 1.54) is 11.1 Å². The molecule has 1 unspecified atom stereocenters. The first-order valence-electron chi connectivity index (χ1n) is 10.2. The SMILES string of the molecule is O=C1C2=C(CCC(c3ccccc3)C2)/C(=C\c2ccccc2)N1c1ccccc1. The number of benzene rings is 3. The van der Waals surface area contributed by atoms with Gasteiger partial charge in [0.1, 0.15) is 0 Å². The molecule has 0 radical (unpaired) electrons. The van der Waals surface area contributed by atoms with Crippen LogP contribution >= 0.6 is 0 Å². The molecule has 1 aliphatic heterocycles. The Morgan fingerprint density at radius 3 is 2.07 bits per heavy atom. The number of amides is 1. The van der Waals surface area contributed by atoms with Crippen LogP contribution in [0.1, 0.15) is 36.3 Å². The van der Waals surface area contributed by atoms with Gasteiger partial charge in [0.2, 0.25) is 0 Å². The van der Waals surface area contributed by atoms with Gasteiger partial charge in [0.25, 0.3) is 5.91 Å². The lowest BCUT2D eigenvalue weighted by Gasteiger charge is -2.23. The van der Waals surface area contributed by atoms with Crippen LogP contribution in [0.15, 0.2) is 108 Å². The summed E-state index contributed by atoms with van der Waals surface area (Å²) >= 11 is 0. The molecule has 0 saturated carbocycles. The van der Waals surface area contributed by atoms with Crippen molar-refractivity contribution in [2.75, 3.05) is 4.90 Å². The van der Waals surface area contributed by atoms with Crippen LogP contribution < -0.4 is 4.90 Å². The molecule has 0 aromatic heterocycles. The number of carbonyl (C=O) groups excluding carboxylic acids is 1. The lowest BCUT2D eigenvalue weighted by Crippen LogP contribution is -2.25. The van der Waals surface area contributed by atoms with Gasteiger partial charge in [-0.1, -0.05) is 78.9 Å². The second-order valence-corrected chi connectivity index (χ2v) is 7.72. The zero-order valence-corrected chi connectivity index (χ0v) is 16.3. The van der Waals surface area contributed by atoms with Crippen molar-refractivity contribution >= 4 is 17.7 Å². The molecule has 1 aliphatic carbocycles. The monoisotopic (exact) mass is 377 g/mol. The summed E-state index contributed by atoms with van der Waals surface area (Å²) < 4.78 is 0. The van der Waals surface area contributed by atoms with Crippen LogP contribution in [0.2, 0.25) is 0 Å². The zero-order valence-electron chi connectivity index (χ0n) is 16.3. The lowest BCUT2D eigenvalue weighted by atomic mass is 9.80. The van der Waals surface area contributed by atoms with Crippen LogP contribution in [0.25, 0.3) is 6.08 Å². The molecule has 0 bridgehead atoms. The smallest absolute Gasteiger partial charge is 0.259 e. The van der Waals surface area contributed by atoms with E-state index < -0.39 is 0 Å². The van der Waals surface area contributed by atoms with Crippen LogP contribution in [-0.2, 0) is 4.79 Å². The third kappa shape index (κ3) is 3.31. The van der Waals surface area contributed by atoms with Crippen molar-refractivity contribution in [3.63, 3.8) is 0 Å². The summed E-state index contributed by atoms with van der Waals surface area (Å²) in [5, 5.41) is 0. The molecule has 0 saturated heterocycles. The number of para-hydroxylation sites is 1. The number of anilines is 1. The highest BCUT2D eigenvalue weighted by molar-refractivity contribution is 6.14. The first-order chi connectivity index (χ1) is 14.3. The fourth-order valence-corrected chi connectivity index (χ4v) is 4.52. The van der Waals surface area contributed by atoms with Crippen LogP contribution in [0.3, 0.4) is 0 Å². The Kier molecular flexibility index (Phi) is 4.61. The number of hydrogen-bond donors (Lipinski definition) is 0. The van der Waals surface area contributed by atoms with Gasteiger partial charge in [-0.05, 0) is 60.1 Å². The van der Waals surface area contributed by atoms with Gasteiger partial charge in [-0.15, -0.1) is 0 Å². The molecule has 2 heteroatoms. The lowest BCUT2D eigenvalue weighted by molar-refractivity contribution is -0.114. The highest BCUT2D eigenvalue weighted by Gasteiger charge is 2.39. The van der Waals surface area contributed by atoms with Gasteiger partial charge in [0.15, 0.2) is 0 Å². The topological polar surface area (TPSA) is 20.3 Å². The van der Waals surface area contributed by atoms with E-state index in [0.717, 1.165) is 41.8 Å². The predicted molar refractivity (Wildman–Crippen MR) is 118 cm³/mol. The van der Waals surface area contributed by atoms with E-state index in [0.29, 0.717) is 5.92 Å². The Labute approximate surface area is 171 Å². The van der Waals surface area contributed by atoms with E-state index in [1.807, 2.05) is 53.4 Å². The maximum absolute atomic E-state index is 13.5. The fourth-order valence-electron chi connectivity index (χ4n) is 4.52. The minimum absolute atomic E-state index is 0.133. The van der Waals surface area contributed by atoms with Gasteiger partial charge in [-0.2, -0.15) is 0 Å². The average molecular weight is 377 g/mol. The summed E-state index contributed by atoms with van der Waals surface area (Å²) in [6, 6.07) is 30.9. The Hall–Kier alpha value is -3.39. The summed E-state index contributed by atoms with van der Waals surface area (Å²) in [5.41, 5.74) is 6.62. The standard InChI is InChI=1S/C27H23NO/c29-27-25-19-22(21-12-6-2-7-13-21)16-17-24(25)26(18-20-10-4-1-5-11-20)28(27)23-14-8-3-9-15-23/h1-15,18,22H,16-17,19H2/b26-18+. The van der Waals surface area contributed by atoms with Crippen LogP contribution in [0.5, 0.6) is 0 Å². The van der Waals surface area contributed by atoms with E-state index in [4.69, 9.17) is 0 Å². The van der Waals surface area contributed by atoms with Crippen molar-refractivity contribution in [2.45, 2.75) is 25.2 Å². The van der Waals surface area contributed by atoms with Crippen molar-refractivity contribution in [2.24, 2.45) is 0 Å². The highest BCUT2D eigenvalue weighted by atomic mass is 16.2. The molecule has 0 spiro atoms. The van der Waals surface area contributed by atoms with Gasteiger partial charge in [0, 0.05) is 11.3 Å². The van der Waals surface area contributed by atoms with E-state index in [9.17, 15) is 4.79 Å². The Morgan fingerprint density at radius 2 is 1.38 bits per heavy atom. The van der Waals surface area contributed by atoms with E-state index in [-0.39, 0.29) is 5.91 Å². The minimum Gasteiger partial charge on any atom is -0.277 e. The molecule has 142 valence electrons. The van der Waals surface area contributed by atoms with Gasteiger partial charge < -0.3 is 0 Å². The Balaban J connectivity index is 1.57. The van der Waals surface area contributed by atoms with Crippen molar-refractivity contribution < 1.29 is 4.79 Å². The van der Waals surface area contributed by atoms with Gasteiger partial charge in [-0.25, -0.2) is 0 Å². The third-order valence-corrected chi connectivity index (χ3v) is 5.96.